The summed E-state index contributed by atoms with van der Waals surface area (Å²) < 4.78 is 5.40. The fourth-order valence-electron chi connectivity index (χ4n) is 2.81. The lowest BCUT2D eigenvalue weighted by atomic mass is 9.94. The van der Waals surface area contributed by atoms with E-state index >= 15 is 0 Å². The van der Waals surface area contributed by atoms with E-state index in [4.69, 9.17) is 4.52 Å². The molecule has 5 nitrogen and oxygen atoms in total. The van der Waals surface area contributed by atoms with Gasteiger partial charge in [0.25, 0.3) is 0 Å². The van der Waals surface area contributed by atoms with E-state index in [-0.39, 0.29) is 0 Å². The van der Waals surface area contributed by atoms with Crippen LogP contribution in [0.25, 0.3) is 0 Å². The molecule has 1 aromatic rings. The molecule has 2 atom stereocenters. The second-order valence-corrected chi connectivity index (χ2v) is 6.30. The van der Waals surface area contributed by atoms with Crippen LogP contribution in [-0.4, -0.2) is 47.3 Å². The lowest BCUT2D eigenvalue weighted by molar-refractivity contribution is 0.135. The maximum Gasteiger partial charge on any atom is 0.226 e. The Bertz CT molecular complexity index is 404. The second kappa shape index (κ2) is 7.18. The Morgan fingerprint density at radius 3 is 2.90 bits per heavy atom. The highest BCUT2D eigenvalue weighted by Gasteiger charge is 2.23. The van der Waals surface area contributed by atoms with E-state index in [2.05, 4.69) is 41.1 Å². The maximum absolute atomic E-state index is 5.40. The number of hydrogen-bond acceptors (Lipinski definition) is 5. The number of likely N-dealkylation sites (tertiary alicyclic amines) is 1. The average Bonchev–Trinajstić information content (AvgIpc) is 2.86. The van der Waals surface area contributed by atoms with Crippen LogP contribution in [0.2, 0.25) is 0 Å². The van der Waals surface area contributed by atoms with Crippen LogP contribution in [0.4, 0.5) is 0 Å². The Balaban J connectivity index is 1.86. The molecule has 1 fully saturated rings. The highest BCUT2D eigenvalue weighted by molar-refractivity contribution is 4.91. The van der Waals surface area contributed by atoms with Crippen LogP contribution in [0, 0.1) is 5.92 Å². The van der Waals surface area contributed by atoms with Gasteiger partial charge in [-0.1, -0.05) is 5.16 Å². The third kappa shape index (κ3) is 4.28. The van der Waals surface area contributed by atoms with Crippen molar-refractivity contribution >= 4 is 0 Å². The molecule has 1 aromatic heterocycles. The van der Waals surface area contributed by atoms with Crippen molar-refractivity contribution in [2.45, 2.75) is 58.5 Å². The Labute approximate surface area is 122 Å². The molecular weight excluding hydrogens is 252 g/mol. The van der Waals surface area contributed by atoms with E-state index in [0.717, 1.165) is 31.1 Å². The van der Waals surface area contributed by atoms with Crippen LogP contribution in [0.15, 0.2) is 4.52 Å². The Kier molecular flexibility index (Phi) is 5.54. The molecule has 0 amide bonds. The van der Waals surface area contributed by atoms with Gasteiger partial charge < -0.3 is 14.7 Å². The van der Waals surface area contributed by atoms with Gasteiger partial charge in [-0.2, -0.15) is 4.98 Å². The van der Waals surface area contributed by atoms with Gasteiger partial charge in [0.15, 0.2) is 5.82 Å². The van der Waals surface area contributed by atoms with Crippen molar-refractivity contribution < 1.29 is 4.52 Å². The first-order valence-corrected chi connectivity index (χ1v) is 7.81. The van der Waals surface area contributed by atoms with Crippen molar-refractivity contribution in [3.63, 3.8) is 0 Å². The van der Waals surface area contributed by atoms with E-state index < -0.39 is 0 Å². The molecule has 0 aromatic carbocycles. The number of hydrogen-bond donors (Lipinski definition) is 1. The molecule has 1 aliphatic rings. The normalized spacial score (nSPS) is 22.4. The number of aromatic nitrogens is 2. The minimum absolute atomic E-state index is 0.381. The highest BCUT2D eigenvalue weighted by atomic mass is 16.5. The van der Waals surface area contributed by atoms with Gasteiger partial charge >= 0.3 is 0 Å². The van der Waals surface area contributed by atoms with Crippen LogP contribution in [0.1, 0.15) is 45.3 Å². The van der Waals surface area contributed by atoms with Gasteiger partial charge in [0.1, 0.15) is 0 Å². The third-order valence-corrected chi connectivity index (χ3v) is 4.24. The van der Waals surface area contributed by atoms with Crippen molar-refractivity contribution in [2.24, 2.45) is 5.92 Å². The zero-order valence-electron chi connectivity index (χ0n) is 13.2. The van der Waals surface area contributed by atoms with Gasteiger partial charge in [-0.15, -0.1) is 0 Å². The molecule has 20 heavy (non-hydrogen) atoms. The first kappa shape index (κ1) is 15.4. The van der Waals surface area contributed by atoms with Gasteiger partial charge in [0.05, 0.1) is 0 Å². The minimum Gasteiger partial charge on any atom is -0.339 e. The molecule has 2 unspecified atom stereocenters. The molecule has 1 aliphatic heterocycles. The highest BCUT2D eigenvalue weighted by Crippen LogP contribution is 2.21. The van der Waals surface area contributed by atoms with Crippen molar-refractivity contribution in [1.29, 1.82) is 0 Å². The summed E-state index contributed by atoms with van der Waals surface area (Å²) in [5.74, 6) is 2.28. The summed E-state index contributed by atoms with van der Waals surface area (Å²) in [6.45, 7) is 9.04. The lowest BCUT2D eigenvalue weighted by Gasteiger charge is -2.34. The standard InChI is InChI=1S/C15H28N4O/c1-11(2)19-7-5-6-13(10-19)9-15-17-14(18-20-15)8-12(3)16-4/h11-13,16H,5-10H2,1-4H3. The first-order chi connectivity index (χ1) is 9.58. The largest absolute Gasteiger partial charge is 0.339 e. The Morgan fingerprint density at radius 1 is 1.40 bits per heavy atom. The molecule has 1 N–H and O–H groups in total. The van der Waals surface area contributed by atoms with E-state index in [1.807, 2.05) is 7.05 Å². The summed E-state index contributed by atoms with van der Waals surface area (Å²) in [6.07, 6.45) is 4.29. The van der Waals surface area contributed by atoms with Gasteiger partial charge in [-0.25, -0.2) is 0 Å². The summed E-state index contributed by atoms with van der Waals surface area (Å²) in [5.41, 5.74) is 0. The number of rotatable bonds is 6. The van der Waals surface area contributed by atoms with Crippen LogP contribution in [0.5, 0.6) is 0 Å². The first-order valence-electron chi connectivity index (χ1n) is 7.81. The summed E-state index contributed by atoms with van der Waals surface area (Å²) in [5, 5.41) is 7.28. The maximum atomic E-state index is 5.40. The number of piperidine rings is 1. The topological polar surface area (TPSA) is 54.2 Å². The molecule has 0 bridgehead atoms. The van der Waals surface area contributed by atoms with E-state index in [0.29, 0.717) is 18.0 Å². The Hall–Kier alpha value is -0.940. The van der Waals surface area contributed by atoms with Crippen LogP contribution < -0.4 is 5.32 Å². The molecule has 0 aliphatic carbocycles. The van der Waals surface area contributed by atoms with E-state index in [9.17, 15) is 0 Å². The average molecular weight is 280 g/mol. The van der Waals surface area contributed by atoms with Gasteiger partial charge in [-0.3, -0.25) is 0 Å². The minimum atomic E-state index is 0.381. The SMILES string of the molecule is CNC(C)Cc1noc(CC2CCCN(C(C)C)C2)n1. The predicted molar refractivity (Wildman–Crippen MR) is 79.7 cm³/mol. The van der Waals surface area contributed by atoms with Crippen molar-refractivity contribution in [3.05, 3.63) is 11.7 Å². The Morgan fingerprint density at radius 2 is 2.20 bits per heavy atom. The monoisotopic (exact) mass is 280 g/mol. The zero-order chi connectivity index (χ0) is 14.5. The molecule has 0 radical (unpaired) electrons. The van der Waals surface area contributed by atoms with Crippen LogP contribution in [0.3, 0.4) is 0 Å². The number of nitrogens with one attached hydrogen (secondary N) is 1. The quantitative estimate of drug-likeness (QED) is 0.862. The van der Waals surface area contributed by atoms with Gasteiger partial charge in [-0.05, 0) is 53.1 Å². The van der Waals surface area contributed by atoms with E-state index in [1.165, 1.54) is 19.4 Å². The van der Waals surface area contributed by atoms with Gasteiger partial charge in [0.2, 0.25) is 5.89 Å². The smallest absolute Gasteiger partial charge is 0.226 e. The number of nitrogens with zero attached hydrogens (tertiary/aromatic N) is 3. The molecule has 2 heterocycles. The zero-order valence-corrected chi connectivity index (χ0v) is 13.2. The second-order valence-electron chi connectivity index (χ2n) is 6.30. The van der Waals surface area contributed by atoms with Crippen molar-refractivity contribution in [3.8, 4) is 0 Å². The molecule has 0 saturated carbocycles. The predicted octanol–water partition coefficient (Wildman–Crippen LogP) is 1.88. The fraction of sp³-hybridized carbons (Fsp3) is 0.867. The number of likely N-dealkylation sites (N-methyl/N-ethyl adjacent to an activating group) is 1. The fourth-order valence-corrected chi connectivity index (χ4v) is 2.81. The summed E-state index contributed by atoms with van der Waals surface area (Å²) >= 11 is 0. The van der Waals surface area contributed by atoms with Crippen LogP contribution in [-0.2, 0) is 12.8 Å². The summed E-state index contributed by atoms with van der Waals surface area (Å²) in [6, 6.07) is 1.01. The van der Waals surface area contributed by atoms with Crippen molar-refractivity contribution in [1.82, 2.24) is 20.4 Å². The third-order valence-electron chi connectivity index (χ3n) is 4.24. The van der Waals surface area contributed by atoms with E-state index in [1.54, 1.807) is 0 Å². The van der Waals surface area contributed by atoms with Gasteiger partial charge in [0, 0.05) is 31.5 Å². The van der Waals surface area contributed by atoms with Crippen molar-refractivity contribution in [2.75, 3.05) is 20.1 Å². The molecule has 5 heteroatoms. The molecule has 0 spiro atoms. The molecule has 2 rings (SSSR count). The molecule has 1 saturated heterocycles. The summed E-state index contributed by atoms with van der Waals surface area (Å²) in [7, 11) is 1.95. The lowest BCUT2D eigenvalue weighted by Crippen LogP contribution is -2.40. The molecular formula is C15H28N4O. The molecule has 114 valence electrons. The summed E-state index contributed by atoms with van der Waals surface area (Å²) in [4.78, 5) is 7.08. The van der Waals surface area contributed by atoms with Crippen LogP contribution >= 0.6 is 0 Å².